The van der Waals surface area contributed by atoms with Crippen LogP contribution in [-0.4, -0.2) is 40.9 Å². The maximum absolute atomic E-state index is 12.3. The van der Waals surface area contributed by atoms with E-state index >= 15 is 0 Å². The Morgan fingerprint density at radius 3 is 2.56 bits per heavy atom. The zero-order valence-electron chi connectivity index (χ0n) is 14.8. The Morgan fingerprint density at radius 1 is 1.20 bits per heavy atom. The molecule has 4 nitrogen and oxygen atoms in total. The average Bonchev–Trinajstić information content (AvgIpc) is 2.79. The first kappa shape index (κ1) is 20.1. The van der Waals surface area contributed by atoms with Crippen molar-refractivity contribution in [3.8, 4) is 0 Å². The van der Waals surface area contributed by atoms with E-state index in [0.717, 1.165) is 16.6 Å². The summed E-state index contributed by atoms with van der Waals surface area (Å²) in [7, 11) is 2.08. The molecule has 0 radical (unpaired) electrons. The quantitative estimate of drug-likeness (QED) is 0.777. The number of rotatable bonds is 4. The van der Waals surface area contributed by atoms with Crippen LogP contribution >= 0.6 is 24.2 Å². The van der Waals surface area contributed by atoms with Gasteiger partial charge in [0.2, 0.25) is 5.91 Å². The number of amides is 1. The van der Waals surface area contributed by atoms with Crippen molar-refractivity contribution >= 4 is 40.9 Å². The third-order valence-corrected chi connectivity index (χ3v) is 6.05. The molecule has 25 heavy (non-hydrogen) atoms. The lowest BCUT2D eigenvalue weighted by atomic mass is 10.1. The molecule has 2 fully saturated rings. The zero-order chi connectivity index (χ0) is 16.8. The Kier molecular flexibility index (Phi) is 8.10. The van der Waals surface area contributed by atoms with E-state index in [1.54, 1.807) is 11.8 Å². The lowest BCUT2D eigenvalue weighted by molar-refractivity contribution is -0.116. The molecule has 1 aromatic rings. The van der Waals surface area contributed by atoms with Crippen LogP contribution in [0.15, 0.2) is 35.3 Å². The number of benzene rings is 1. The number of para-hydroxylation sites is 1. The number of anilines is 1. The van der Waals surface area contributed by atoms with E-state index in [2.05, 4.69) is 17.3 Å². The number of amidine groups is 1. The maximum Gasteiger partial charge on any atom is 0.226 e. The molecule has 1 N–H and O–H groups in total. The molecule has 1 aromatic carbocycles. The second kappa shape index (κ2) is 10.1. The molecule has 138 valence electrons. The largest absolute Gasteiger partial charge is 0.350 e. The summed E-state index contributed by atoms with van der Waals surface area (Å²) in [5, 5.41) is 4.10. The minimum atomic E-state index is 0. The van der Waals surface area contributed by atoms with Gasteiger partial charge in [-0.3, -0.25) is 9.79 Å². The minimum absolute atomic E-state index is 0. The lowest BCUT2D eigenvalue weighted by Gasteiger charge is -2.21. The highest BCUT2D eigenvalue weighted by Gasteiger charge is 2.29. The second-order valence-corrected chi connectivity index (χ2v) is 7.74. The van der Waals surface area contributed by atoms with Gasteiger partial charge >= 0.3 is 0 Å². The number of hydrogen-bond acceptors (Lipinski definition) is 3. The fourth-order valence-electron chi connectivity index (χ4n) is 3.36. The van der Waals surface area contributed by atoms with Gasteiger partial charge in [0.15, 0.2) is 5.17 Å². The van der Waals surface area contributed by atoms with Crippen LogP contribution in [0.4, 0.5) is 5.69 Å². The van der Waals surface area contributed by atoms with Crippen molar-refractivity contribution in [2.45, 2.75) is 57.0 Å². The van der Waals surface area contributed by atoms with Crippen LogP contribution < -0.4 is 5.32 Å². The van der Waals surface area contributed by atoms with Crippen LogP contribution in [0.2, 0.25) is 0 Å². The van der Waals surface area contributed by atoms with Crippen LogP contribution in [0.3, 0.4) is 0 Å². The van der Waals surface area contributed by atoms with Gasteiger partial charge in [-0.15, -0.1) is 12.4 Å². The lowest BCUT2D eigenvalue weighted by Crippen LogP contribution is -2.34. The van der Waals surface area contributed by atoms with Crippen molar-refractivity contribution < 1.29 is 4.79 Å². The Hall–Kier alpha value is -1.20. The Labute approximate surface area is 161 Å². The van der Waals surface area contributed by atoms with Gasteiger partial charge in [-0.05, 0) is 25.0 Å². The molecule has 2 aliphatic rings. The summed E-state index contributed by atoms with van der Waals surface area (Å²) in [5.41, 5.74) is 0.864. The highest BCUT2D eigenvalue weighted by molar-refractivity contribution is 8.14. The minimum Gasteiger partial charge on any atom is -0.350 e. The molecule has 1 atom stereocenters. The smallest absolute Gasteiger partial charge is 0.226 e. The molecule has 0 bridgehead atoms. The van der Waals surface area contributed by atoms with Crippen LogP contribution in [0, 0.1) is 0 Å². The first-order valence-corrected chi connectivity index (χ1v) is 9.99. The average molecular weight is 382 g/mol. The number of aliphatic imine (C=N–C) groups is 1. The maximum atomic E-state index is 12.3. The summed E-state index contributed by atoms with van der Waals surface area (Å²) in [6, 6.07) is 10.4. The standard InChI is InChI=1S/C19H27N3OS.ClH/c1-22-17(13-18(23)20-15-9-7-4-8-10-15)14-24-19(22)21-16-11-5-2-3-6-12-16;/h4,7-10,16-17H,2-3,5-6,11-14H2,1H3,(H,20,23);1H. The number of carbonyl (C=O) groups excluding carboxylic acids is 1. The summed E-state index contributed by atoms with van der Waals surface area (Å²) in [5.74, 6) is 1.03. The fraction of sp³-hybridized carbons (Fsp3) is 0.579. The van der Waals surface area contributed by atoms with Crippen LogP contribution in [0.1, 0.15) is 44.9 Å². The van der Waals surface area contributed by atoms with Crippen LogP contribution in [-0.2, 0) is 4.79 Å². The number of hydrogen-bond donors (Lipinski definition) is 1. The Bertz CT molecular complexity index is 573. The van der Waals surface area contributed by atoms with Gasteiger partial charge in [-0.25, -0.2) is 0 Å². The first-order valence-electron chi connectivity index (χ1n) is 9.00. The van der Waals surface area contributed by atoms with Crippen molar-refractivity contribution in [1.29, 1.82) is 0 Å². The zero-order valence-corrected chi connectivity index (χ0v) is 16.5. The molecular formula is C19H28ClN3OS. The Morgan fingerprint density at radius 2 is 1.88 bits per heavy atom. The third kappa shape index (κ3) is 5.93. The Balaban J connectivity index is 0.00000225. The molecule has 1 amide bonds. The molecule has 1 saturated carbocycles. The molecule has 1 aliphatic heterocycles. The van der Waals surface area contributed by atoms with E-state index < -0.39 is 0 Å². The molecule has 0 spiro atoms. The summed E-state index contributed by atoms with van der Waals surface area (Å²) >= 11 is 1.80. The predicted molar refractivity (Wildman–Crippen MR) is 110 cm³/mol. The molecule has 1 heterocycles. The number of carbonyl (C=O) groups is 1. The van der Waals surface area contributed by atoms with Crippen molar-refractivity contribution in [3.05, 3.63) is 30.3 Å². The number of halogens is 1. The van der Waals surface area contributed by atoms with E-state index in [4.69, 9.17) is 4.99 Å². The number of nitrogens with zero attached hydrogens (tertiary/aromatic N) is 2. The van der Waals surface area contributed by atoms with Gasteiger partial charge in [0.25, 0.3) is 0 Å². The van der Waals surface area contributed by atoms with E-state index in [-0.39, 0.29) is 24.4 Å². The van der Waals surface area contributed by atoms with Gasteiger partial charge in [0.05, 0.1) is 6.04 Å². The van der Waals surface area contributed by atoms with Crippen molar-refractivity contribution in [2.24, 2.45) is 4.99 Å². The number of nitrogens with one attached hydrogen (secondary N) is 1. The summed E-state index contributed by atoms with van der Waals surface area (Å²) in [6.07, 6.45) is 8.27. The second-order valence-electron chi connectivity index (χ2n) is 6.75. The highest BCUT2D eigenvalue weighted by Crippen LogP contribution is 2.28. The van der Waals surface area contributed by atoms with Crippen molar-refractivity contribution in [3.63, 3.8) is 0 Å². The first-order chi connectivity index (χ1) is 11.7. The summed E-state index contributed by atoms with van der Waals surface area (Å²) < 4.78 is 0. The molecule has 1 saturated heterocycles. The highest BCUT2D eigenvalue weighted by atomic mass is 35.5. The van der Waals surface area contributed by atoms with E-state index in [9.17, 15) is 4.79 Å². The van der Waals surface area contributed by atoms with E-state index in [1.807, 2.05) is 30.3 Å². The van der Waals surface area contributed by atoms with Crippen molar-refractivity contribution in [2.75, 3.05) is 18.1 Å². The van der Waals surface area contributed by atoms with Gasteiger partial charge in [-0.1, -0.05) is 55.6 Å². The number of thioether (sulfide) groups is 1. The topological polar surface area (TPSA) is 44.7 Å². The fourth-order valence-corrected chi connectivity index (χ4v) is 4.61. The molecule has 1 unspecified atom stereocenters. The van der Waals surface area contributed by atoms with Gasteiger partial charge in [-0.2, -0.15) is 0 Å². The van der Waals surface area contributed by atoms with Crippen LogP contribution in [0.25, 0.3) is 0 Å². The van der Waals surface area contributed by atoms with E-state index in [1.165, 1.54) is 38.5 Å². The van der Waals surface area contributed by atoms with Crippen LogP contribution in [0.5, 0.6) is 0 Å². The molecule has 0 aromatic heterocycles. The van der Waals surface area contributed by atoms with Crippen molar-refractivity contribution in [1.82, 2.24) is 4.90 Å². The summed E-state index contributed by atoms with van der Waals surface area (Å²) in [6.45, 7) is 0. The van der Waals surface area contributed by atoms with Gasteiger partial charge in [0, 0.05) is 31.0 Å². The molecule has 1 aliphatic carbocycles. The van der Waals surface area contributed by atoms with E-state index in [0.29, 0.717) is 12.5 Å². The monoisotopic (exact) mass is 381 g/mol. The molecular weight excluding hydrogens is 354 g/mol. The molecule has 3 rings (SSSR count). The SMILES string of the molecule is CN1C(=NC2CCCCCC2)SCC1CC(=O)Nc1ccccc1.Cl. The third-order valence-electron chi connectivity index (χ3n) is 4.85. The normalized spacial score (nSPS) is 23.2. The summed E-state index contributed by atoms with van der Waals surface area (Å²) in [4.78, 5) is 19.5. The van der Waals surface area contributed by atoms with Gasteiger partial charge in [0.1, 0.15) is 0 Å². The predicted octanol–water partition coefficient (Wildman–Crippen LogP) is 4.56. The van der Waals surface area contributed by atoms with Gasteiger partial charge < -0.3 is 10.2 Å². The molecule has 6 heteroatoms.